The summed E-state index contributed by atoms with van der Waals surface area (Å²) < 4.78 is 7.67. The van der Waals surface area contributed by atoms with Crippen LogP contribution in [0, 0.1) is 0 Å². The van der Waals surface area contributed by atoms with Crippen molar-refractivity contribution >= 4 is 17.0 Å². The van der Waals surface area contributed by atoms with Crippen molar-refractivity contribution in [2.75, 3.05) is 53.0 Å². The van der Waals surface area contributed by atoms with E-state index in [0.717, 1.165) is 64.0 Å². The third kappa shape index (κ3) is 3.68. The lowest BCUT2D eigenvalue weighted by molar-refractivity contribution is 0.0195. The molecule has 0 spiro atoms. The maximum Gasteiger partial charge on any atom is 0.193 e. The van der Waals surface area contributed by atoms with Crippen molar-refractivity contribution in [3.05, 3.63) is 30.6 Å². The minimum Gasteiger partial charge on any atom is -0.379 e. The molecule has 2 aliphatic heterocycles. The van der Waals surface area contributed by atoms with E-state index in [9.17, 15) is 0 Å². The van der Waals surface area contributed by atoms with E-state index < -0.39 is 0 Å². The van der Waals surface area contributed by atoms with Gasteiger partial charge in [-0.25, -0.2) is 4.98 Å². The minimum atomic E-state index is 0.620. The lowest BCUT2D eigenvalue weighted by Gasteiger charge is -2.32. The molecule has 7 heteroatoms. The van der Waals surface area contributed by atoms with Gasteiger partial charge in [-0.1, -0.05) is 12.1 Å². The second-order valence-corrected chi connectivity index (χ2v) is 6.94. The van der Waals surface area contributed by atoms with Gasteiger partial charge in [-0.15, -0.1) is 0 Å². The van der Waals surface area contributed by atoms with Gasteiger partial charge < -0.3 is 19.5 Å². The Labute approximate surface area is 154 Å². The monoisotopic (exact) mass is 356 g/mol. The zero-order valence-corrected chi connectivity index (χ0v) is 15.5. The Morgan fingerprint density at radius 2 is 2.12 bits per heavy atom. The van der Waals surface area contributed by atoms with Crippen LogP contribution in [0.4, 0.5) is 0 Å². The molecule has 0 radical (unpaired) electrons. The first-order valence-electron chi connectivity index (χ1n) is 9.52. The van der Waals surface area contributed by atoms with Gasteiger partial charge in [0.1, 0.15) is 0 Å². The first-order valence-corrected chi connectivity index (χ1v) is 9.52. The fourth-order valence-corrected chi connectivity index (χ4v) is 3.98. The van der Waals surface area contributed by atoms with Crippen LogP contribution in [0.25, 0.3) is 11.0 Å². The van der Waals surface area contributed by atoms with Crippen molar-refractivity contribution in [3.8, 4) is 0 Å². The van der Waals surface area contributed by atoms with Gasteiger partial charge in [0.2, 0.25) is 0 Å². The summed E-state index contributed by atoms with van der Waals surface area (Å²) >= 11 is 0. The molecule has 1 aromatic heterocycles. The van der Waals surface area contributed by atoms with Gasteiger partial charge in [0.15, 0.2) is 5.96 Å². The topological polar surface area (TPSA) is 57.9 Å². The number of fused-ring (bicyclic) bond motifs is 1. The molecular weight excluding hydrogens is 328 g/mol. The molecule has 1 aromatic carbocycles. The molecule has 0 aliphatic carbocycles. The van der Waals surface area contributed by atoms with E-state index in [1.54, 1.807) is 0 Å². The van der Waals surface area contributed by atoms with Gasteiger partial charge in [-0.05, 0) is 18.6 Å². The first kappa shape index (κ1) is 17.3. The van der Waals surface area contributed by atoms with E-state index in [1.807, 2.05) is 25.5 Å². The Morgan fingerprint density at radius 3 is 2.96 bits per heavy atom. The second kappa shape index (κ2) is 8.05. The summed E-state index contributed by atoms with van der Waals surface area (Å²) in [5.41, 5.74) is 2.22. The number of aromatic nitrogens is 2. The van der Waals surface area contributed by atoms with Crippen LogP contribution in [0.15, 0.2) is 35.6 Å². The second-order valence-electron chi connectivity index (χ2n) is 6.94. The van der Waals surface area contributed by atoms with Gasteiger partial charge in [-0.3, -0.25) is 9.89 Å². The number of nitrogens with one attached hydrogen (secondary N) is 1. The van der Waals surface area contributed by atoms with Crippen LogP contribution >= 0.6 is 0 Å². The van der Waals surface area contributed by atoms with Gasteiger partial charge in [0.05, 0.1) is 30.6 Å². The zero-order chi connectivity index (χ0) is 17.8. The number of rotatable bonds is 4. The zero-order valence-electron chi connectivity index (χ0n) is 15.5. The molecule has 0 saturated carbocycles. The molecular formula is C19H28N6O. The Bertz CT molecular complexity index is 751. The van der Waals surface area contributed by atoms with E-state index in [1.165, 1.54) is 11.9 Å². The highest BCUT2D eigenvalue weighted by Gasteiger charge is 2.30. The molecule has 0 amide bonds. The summed E-state index contributed by atoms with van der Waals surface area (Å²) in [5.74, 6) is 1.00. The summed E-state index contributed by atoms with van der Waals surface area (Å²) in [6.07, 6.45) is 3.12. The number of ether oxygens (including phenoxy) is 1. The normalized spacial score (nSPS) is 22.3. The Hall–Kier alpha value is -2.12. The number of hydrogen-bond acceptors (Lipinski definition) is 4. The maximum atomic E-state index is 5.47. The third-order valence-corrected chi connectivity index (χ3v) is 5.40. The fraction of sp³-hybridized carbons (Fsp3) is 0.579. The molecule has 1 unspecified atom stereocenters. The standard InChI is InChI=1S/C19H28N6O/c1-20-19(24-8-6-16(14-24)23-10-12-26-13-11-23)21-7-9-25-15-22-17-4-2-3-5-18(17)25/h2-5,15-16H,6-14H2,1H3,(H,20,21). The van der Waals surface area contributed by atoms with Crippen LogP contribution in [0.5, 0.6) is 0 Å². The van der Waals surface area contributed by atoms with Crippen molar-refractivity contribution in [2.24, 2.45) is 4.99 Å². The Kier molecular flexibility index (Phi) is 5.36. The van der Waals surface area contributed by atoms with Crippen molar-refractivity contribution < 1.29 is 4.74 Å². The summed E-state index contributed by atoms with van der Waals surface area (Å²) in [5, 5.41) is 3.52. The molecule has 2 aromatic rings. The van der Waals surface area contributed by atoms with Gasteiger partial charge in [-0.2, -0.15) is 0 Å². The van der Waals surface area contributed by atoms with E-state index in [2.05, 4.69) is 41.8 Å². The first-order chi connectivity index (χ1) is 12.8. The highest BCUT2D eigenvalue weighted by atomic mass is 16.5. The van der Waals surface area contributed by atoms with Crippen LogP contribution in [0.3, 0.4) is 0 Å². The lowest BCUT2D eigenvalue weighted by atomic mass is 10.2. The van der Waals surface area contributed by atoms with Crippen LogP contribution in [-0.4, -0.2) is 84.3 Å². The van der Waals surface area contributed by atoms with E-state index in [0.29, 0.717) is 6.04 Å². The van der Waals surface area contributed by atoms with E-state index >= 15 is 0 Å². The van der Waals surface area contributed by atoms with Crippen molar-refractivity contribution in [1.29, 1.82) is 0 Å². The smallest absolute Gasteiger partial charge is 0.193 e. The Balaban J connectivity index is 1.29. The third-order valence-electron chi connectivity index (χ3n) is 5.40. The highest BCUT2D eigenvalue weighted by Crippen LogP contribution is 2.17. The molecule has 1 N–H and O–H groups in total. The number of morpholine rings is 1. The van der Waals surface area contributed by atoms with Crippen LogP contribution in [0.2, 0.25) is 0 Å². The summed E-state index contributed by atoms with van der Waals surface area (Å²) in [4.78, 5) is 13.9. The number of benzene rings is 1. The average Bonchev–Trinajstić information content (AvgIpc) is 3.34. The number of para-hydroxylation sites is 2. The van der Waals surface area contributed by atoms with Crippen molar-refractivity contribution in [3.63, 3.8) is 0 Å². The molecule has 2 fully saturated rings. The number of aliphatic imine (C=N–C) groups is 1. The van der Waals surface area contributed by atoms with Crippen molar-refractivity contribution in [2.45, 2.75) is 19.0 Å². The molecule has 1 atom stereocenters. The molecule has 2 saturated heterocycles. The van der Waals surface area contributed by atoms with Gasteiger partial charge in [0, 0.05) is 52.4 Å². The Morgan fingerprint density at radius 1 is 1.27 bits per heavy atom. The molecule has 4 rings (SSSR count). The number of imidazole rings is 1. The van der Waals surface area contributed by atoms with Crippen LogP contribution in [-0.2, 0) is 11.3 Å². The molecule has 2 aliphatic rings. The lowest BCUT2D eigenvalue weighted by Crippen LogP contribution is -2.47. The largest absolute Gasteiger partial charge is 0.379 e. The van der Waals surface area contributed by atoms with Crippen molar-refractivity contribution in [1.82, 2.24) is 24.7 Å². The molecule has 3 heterocycles. The molecule has 140 valence electrons. The van der Waals surface area contributed by atoms with Crippen LogP contribution < -0.4 is 5.32 Å². The molecule has 7 nitrogen and oxygen atoms in total. The molecule has 0 bridgehead atoms. The fourth-order valence-electron chi connectivity index (χ4n) is 3.98. The minimum absolute atomic E-state index is 0.620. The summed E-state index contributed by atoms with van der Waals surface area (Å²) in [6, 6.07) is 8.87. The number of nitrogens with zero attached hydrogens (tertiary/aromatic N) is 5. The number of guanidine groups is 1. The number of hydrogen-bond donors (Lipinski definition) is 1. The van der Waals surface area contributed by atoms with E-state index in [-0.39, 0.29) is 0 Å². The average molecular weight is 356 g/mol. The predicted molar refractivity (Wildman–Crippen MR) is 103 cm³/mol. The summed E-state index contributed by atoms with van der Waals surface area (Å²) in [6.45, 7) is 7.66. The van der Waals surface area contributed by atoms with Gasteiger partial charge >= 0.3 is 0 Å². The predicted octanol–water partition coefficient (Wildman–Crippen LogP) is 1.02. The van der Waals surface area contributed by atoms with Crippen LogP contribution in [0.1, 0.15) is 6.42 Å². The number of likely N-dealkylation sites (tertiary alicyclic amines) is 1. The van der Waals surface area contributed by atoms with E-state index in [4.69, 9.17) is 4.74 Å². The SMILES string of the molecule is CN=C(NCCn1cnc2ccccc21)N1CCC(N2CCOCC2)C1. The maximum absolute atomic E-state index is 5.47. The highest BCUT2D eigenvalue weighted by molar-refractivity contribution is 5.80. The quantitative estimate of drug-likeness (QED) is 0.655. The molecule has 26 heavy (non-hydrogen) atoms. The van der Waals surface area contributed by atoms with Gasteiger partial charge in [0.25, 0.3) is 0 Å². The summed E-state index contributed by atoms with van der Waals surface area (Å²) in [7, 11) is 1.87.